The molecule has 4 N–H and O–H groups in total. The Balaban J connectivity index is 2.12. The number of nitrogens with one attached hydrogen (secondary N) is 1. The molecule has 2 aromatic rings. The molecule has 0 aliphatic carbocycles. The van der Waals surface area contributed by atoms with Gasteiger partial charge < -0.3 is 15.0 Å². The maximum absolute atomic E-state index is 10.4. The summed E-state index contributed by atoms with van der Waals surface area (Å²) >= 11 is 1.72. The van der Waals surface area contributed by atoms with E-state index < -0.39 is 0 Å². The highest BCUT2D eigenvalue weighted by molar-refractivity contribution is 7.98. The van der Waals surface area contributed by atoms with E-state index in [9.17, 15) is 5.11 Å². The number of H-pyrrole nitrogens is 1. The zero-order chi connectivity index (χ0) is 15.0. The van der Waals surface area contributed by atoms with E-state index in [1.807, 2.05) is 17.1 Å². The molecule has 0 spiro atoms. The van der Waals surface area contributed by atoms with Crippen molar-refractivity contribution in [1.29, 1.82) is 0 Å². The van der Waals surface area contributed by atoms with Crippen LogP contribution in [0.5, 0.6) is 5.75 Å². The minimum Gasteiger partial charge on any atom is -0.506 e. The number of aryl methyl sites for hydroxylation is 1. The van der Waals surface area contributed by atoms with Crippen molar-refractivity contribution in [1.82, 2.24) is 9.99 Å². The van der Waals surface area contributed by atoms with Gasteiger partial charge in [-0.3, -0.25) is 5.84 Å². The van der Waals surface area contributed by atoms with Gasteiger partial charge in [-0.15, -0.1) is 11.8 Å². The van der Waals surface area contributed by atoms with Gasteiger partial charge in [0.15, 0.2) is 0 Å². The van der Waals surface area contributed by atoms with E-state index in [2.05, 4.69) is 23.1 Å². The van der Waals surface area contributed by atoms with Gasteiger partial charge in [-0.2, -0.15) is 0 Å². The molecule has 0 saturated carbocycles. The van der Waals surface area contributed by atoms with Gasteiger partial charge in [0.25, 0.3) is 0 Å². The van der Waals surface area contributed by atoms with Gasteiger partial charge in [-0.1, -0.05) is 6.92 Å². The van der Waals surface area contributed by atoms with Crippen LogP contribution in [0, 0.1) is 0 Å². The lowest BCUT2D eigenvalue weighted by Gasteiger charge is -2.34. The first-order valence-corrected chi connectivity index (χ1v) is 8.53. The molecule has 1 saturated heterocycles. The summed E-state index contributed by atoms with van der Waals surface area (Å²) in [7, 11) is 0. The number of aromatic nitrogens is 1. The number of phenols is 1. The molecule has 2 heterocycles. The number of anilines is 1. The number of piperazine rings is 1. The zero-order valence-electron chi connectivity index (χ0n) is 12.5. The first-order valence-electron chi connectivity index (χ1n) is 7.30. The summed E-state index contributed by atoms with van der Waals surface area (Å²) in [6.07, 6.45) is 3.06. The summed E-state index contributed by atoms with van der Waals surface area (Å²) < 4.78 is 0. The van der Waals surface area contributed by atoms with Crippen molar-refractivity contribution in [2.75, 3.05) is 37.3 Å². The third-order valence-corrected chi connectivity index (χ3v) is 4.94. The summed E-state index contributed by atoms with van der Waals surface area (Å²) in [5.74, 6) is 6.17. The molecule has 0 unspecified atom stereocenters. The van der Waals surface area contributed by atoms with Gasteiger partial charge in [0.05, 0.1) is 10.5 Å². The van der Waals surface area contributed by atoms with Crippen molar-refractivity contribution in [2.24, 2.45) is 5.84 Å². The van der Waals surface area contributed by atoms with Crippen molar-refractivity contribution >= 4 is 28.4 Å². The largest absolute Gasteiger partial charge is 0.506 e. The van der Waals surface area contributed by atoms with Crippen molar-refractivity contribution in [3.05, 3.63) is 17.7 Å². The lowest BCUT2D eigenvalue weighted by molar-refractivity contribution is 0.265. The topological polar surface area (TPSA) is 68.5 Å². The lowest BCUT2D eigenvalue weighted by Crippen LogP contribution is -2.49. The highest BCUT2D eigenvalue weighted by atomic mass is 32.2. The number of hydrogen-bond acceptors (Lipinski definition) is 5. The van der Waals surface area contributed by atoms with Crippen molar-refractivity contribution < 1.29 is 5.11 Å². The smallest absolute Gasteiger partial charge is 0.141 e. The number of aromatic hydroxyl groups is 1. The molecule has 21 heavy (non-hydrogen) atoms. The molecule has 6 heteroatoms. The van der Waals surface area contributed by atoms with Crippen molar-refractivity contribution in [3.63, 3.8) is 0 Å². The Labute approximate surface area is 129 Å². The Bertz CT molecular complexity index is 647. The molecular weight excluding hydrogens is 284 g/mol. The second kappa shape index (κ2) is 5.79. The van der Waals surface area contributed by atoms with Gasteiger partial charge >= 0.3 is 0 Å². The van der Waals surface area contributed by atoms with Crippen LogP contribution in [-0.4, -0.2) is 47.5 Å². The molecule has 1 aromatic heterocycles. The SMILES string of the molecule is CCc1c(SC)[nH]c2c(N3CCN(N)CC3)c(O)ccc12. The first kappa shape index (κ1) is 14.6. The van der Waals surface area contributed by atoms with Crippen molar-refractivity contribution in [2.45, 2.75) is 18.4 Å². The van der Waals surface area contributed by atoms with Gasteiger partial charge in [0.2, 0.25) is 0 Å². The van der Waals surface area contributed by atoms with Crippen LogP contribution < -0.4 is 10.7 Å². The van der Waals surface area contributed by atoms with Crippen LogP contribution in [0.3, 0.4) is 0 Å². The number of hydrogen-bond donors (Lipinski definition) is 3. The average Bonchev–Trinajstić information content (AvgIpc) is 2.86. The molecule has 0 atom stereocenters. The Morgan fingerprint density at radius 3 is 2.62 bits per heavy atom. The van der Waals surface area contributed by atoms with Crippen molar-refractivity contribution in [3.8, 4) is 5.75 Å². The van der Waals surface area contributed by atoms with E-state index in [-0.39, 0.29) is 0 Å². The fourth-order valence-electron chi connectivity index (χ4n) is 3.06. The number of benzene rings is 1. The van der Waals surface area contributed by atoms with Gasteiger partial charge in [-0.25, -0.2) is 5.01 Å². The monoisotopic (exact) mass is 306 g/mol. The molecule has 1 aliphatic heterocycles. The summed E-state index contributed by atoms with van der Waals surface area (Å²) in [5.41, 5.74) is 3.29. The molecule has 1 aliphatic rings. The Hall–Kier alpha value is -1.37. The normalized spacial score (nSPS) is 16.8. The zero-order valence-corrected chi connectivity index (χ0v) is 13.3. The fourth-order valence-corrected chi connectivity index (χ4v) is 3.77. The number of nitrogens with two attached hydrogens (primary N) is 1. The predicted molar refractivity (Wildman–Crippen MR) is 89.1 cm³/mol. The lowest BCUT2D eigenvalue weighted by atomic mass is 10.1. The molecule has 0 amide bonds. The predicted octanol–water partition coefficient (Wildman–Crippen LogP) is 2.15. The minimum absolute atomic E-state index is 0.338. The fraction of sp³-hybridized carbons (Fsp3) is 0.467. The molecule has 0 bridgehead atoms. The quantitative estimate of drug-likeness (QED) is 0.599. The number of fused-ring (bicyclic) bond motifs is 1. The number of thioether (sulfide) groups is 1. The van der Waals surface area contributed by atoms with Gasteiger partial charge in [-0.05, 0) is 30.4 Å². The van der Waals surface area contributed by atoms with Crippen LogP contribution in [0.1, 0.15) is 12.5 Å². The van der Waals surface area contributed by atoms with E-state index in [1.54, 1.807) is 11.8 Å². The minimum atomic E-state index is 0.338. The van der Waals surface area contributed by atoms with E-state index in [0.29, 0.717) is 5.75 Å². The summed E-state index contributed by atoms with van der Waals surface area (Å²) in [5, 5.41) is 14.6. The molecular formula is C15H22N4OS. The second-order valence-electron chi connectivity index (χ2n) is 5.37. The summed E-state index contributed by atoms with van der Waals surface area (Å²) in [6.45, 7) is 5.46. The van der Waals surface area contributed by atoms with Crippen LogP contribution in [-0.2, 0) is 6.42 Å². The standard InChI is InChI=1S/C15H22N4OS/c1-3-10-11-4-5-12(20)14(13(11)17-15(10)21-2)18-6-8-19(16)9-7-18/h4-5,17,20H,3,6-9,16H2,1-2H3. The number of rotatable bonds is 3. The molecule has 114 valence electrons. The maximum Gasteiger partial charge on any atom is 0.141 e. The van der Waals surface area contributed by atoms with E-state index >= 15 is 0 Å². The third-order valence-electron chi connectivity index (χ3n) is 4.18. The number of phenolic OH excluding ortho intramolecular Hbond substituents is 1. The van der Waals surface area contributed by atoms with Crippen LogP contribution in [0.2, 0.25) is 0 Å². The molecule has 1 fully saturated rings. The third kappa shape index (κ3) is 2.47. The van der Waals surface area contributed by atoms with Crippen LogP contribution >= 0.6 is 11.8 Å². The van der Waals surface area contributed by atoms with E-state index in [0.717, 1.165) is 43.8 Å². The Morgan fingerprint density at radius 2 is 2.00 bits per heavy atom. The van der Waals surface area contributed by atoms with Crippen LogP contribution in [0.4, 0.5) is 5.69 Å². The van der Waals surface area contributed by atoms with E-state index in [1.165, 1.54) is 16.0 Å². The summed E-state index contributed by atoms with van der Waals surface area (Å²) in [6, 6.07) is 3.83. The summed E-state index contributed by atoms with van der Waals surface area (Å²) in [4.78, 5) is 5.72. The molecule has 0 radical (unpaired) electrons. The highest BCUT2D eigenvalue weighted by Crippen LogP contribution is 2.39. The Morgan fingerprint density at radius 1 is 1.29 bits per heavy atom. The molecule has 3 rings (SSSR count). The van der Waals surface area contributed by atoms with Gasteiger partial charge in [0.1, 0.15) is 11.4 Å². The number of aromatic amines is 1. The number of hydrazine groups is 1. The van der Waals surface area contributed by atoms with Gasteiger partial charge in [0, 0.05) is 31.6 Å². The maximum atomic E-state index is 10.4. The second-order valence-corrected chi connectivity index (χ2v) is 6.19. The molecule has 5 nitrogen and oxygen atoms in total. The first-order chi connectivity index (χ1) is 10.2. The van der Waals surface area contributed by atoms with Crippen LogP contribution in [0.25, 0.3) is 10.9 Å². The molecule has 1 aromatic carbocycles. The average molecular weight is 306 g/mol. The van der Waals surface area contributed by atoms with E-state index in [4.69, 9.17) is 5.84 Å². The Kier molecular flexibility index (Phi) is 4.01. The van der Waals surface area contributed by atoms with Crippen LogP contribution in [0.15, 0.2) is 17.2 Å². The number of nitrogens with zero attached hydrogens (tertiary/aromatic N) is 2. The highest BCUT2D eigenvalue weighted by Gasteiger charge is 2.22.